The fourth-order valence-corrected chi connectivity index (χ4v) is 3.66. The van der Waals surface area contributed by atoms with Crippen LogP contribution in [0.2, 0.25) is 0 Å². The zero-order valence-corrected chi connectivity index (χ0v) is 16.2. The number of Topliss-reactive ketones (excluding diaryl/α,β-unsaturated/α-hetero) is 1. The van der Waals surface area contributed by atoms with E-state index in [1.165, 1.54) is 25.3 Å². The minimum atomic E-state index is -0.780. The Morgan fingerprint density at radius 2 is 2.00 bits per heavy atom. The lowest BCUT2D eigenvalue weighted by atomic mass is 9.89. The summed E-state index contributed by atoms with van der Waals surface area (Å²) in [5, 5.41) is 8.63. The number of methoxy groups -OCH3 is 1. The van der Waals surface area contributed by atoms with Gasteiger partial charge in [0, 0.05) is 24.3 Å². The Morgan fingerprint density at radius 3 is 2.68 bits per heavy atom. The molecule has 2 atom stereocenters. The van der Waals surface area contributed by atoms with E-state index in [2.05, 4.69) is 0 Å². The molecule has 1 aliphatic carbocycles. The van der Waals surface area contributed by atoms with Crippen LogP contribution in [0.3, 0.4) is 0 Å². The average Bonchev–Trinajstić information content (AvgIpc) is 3.02. The summed E-state index contributed by atoms with van der Waals surface area (Å²) in [5.74, 6) is -1.41. The number of carbonyl (C=O) groups is 3. The van der Waals surface area contributed by atoms with Crippen molar-refractivity contribution in [1.82, 2.24) is 0 Å². The lowest BCUT2D eigenvalue weighted by Gasteiger charge is -2.14. The summed E-state index contributed by atoms with van der Waals surface area (Å²) in [6.07, 6.45) is 8.67. The SMILES string of the molecule is COc1ccc(C(=O)C=C[C@@H]2CCC(=O)[C@H]2CCCCCCC(=O)O)cc1F. The van der Waals surface area contributed by atoms with Gasteiger partial charge in [0.25, 0.3) is 0 Å². The van der Waals surface area contributed by atoms with Gasteiger partial charge in [-0.3, -0.25) is 14.4 Å². The third-order valence-electron chi connectivity index (χ3n) is 5.24. The van der Waals surface area contributed by atoms with Crippen molar-refractivity contribution in [2.24, 2.45) is 11.8 Å². The zero-order chi connectivity index (χ0) is 20.5. The van der Waals surface area contributed by atoms with E-state index >= 15 is 0 Å². The van der Waals surface area contributed by atoms with Crippen LogP contribution in [0.15, 0.2) is 30.4 Å². The van der Waals surface area contributed by atoms with Gasteiger partial charge in [0.2, 0.25) is 0 Å². The van der Waals surface area contributed by atoms with Crippen molar-refractivity contribution >= 4 is 17.5 Å². The van der Waals surface area contributed by atoms with Gasteiger partial charge < -0.3 is 9.84 Å². The number of unbranched alkanes of at least 4 members (excludes halogenated alkanes) is 3. The Morgan fingerprint density at radius 1 is 1.25 bits per heavy atom. The zero-order valence-electron chi connectivity index (χ0n) is 16.2. The van der Waals surface area contributed by atoms with Crippen molar-refractivity contribution in [3.8, 4) is 5.75 Å². The van der Waals surface area contributed by atoms with E-state index in [1.54, 1.807) is 6.08 Å². The molecule has 1 aromatic rings. The summed E-state index contributed by atoms with van der Waals surface area (Å²) in [4.78, 5) is 35.0. The van der Waals surface area contributed by atoms with Crippen LogP contribution in [-0.2, 0) is 9.59 Å². The molecular weight excluding hydrogens is 363 g/mol. The number of rotatable bonds is 11. The van der Waals surface area contributed by atoms with Crippen LogP contribution in [0.5, 0.6) is 5.75 Å². The maximum Gasteiger partial charge on any atom is 0.303 e. The Bertz CT molecular complexity index is 740. The summed E-state index contributed by atoms with van der Waals surface area (Å²) >= 11 is 0. The van der Waals surface area contributed by atoms with Gasteiger partial charge in [-0.15, -0.1) is 0 Å². The summed E-state index contributed by atoms with van der Waals surface area (Å²) in [5.41, 5.74) is 0.244. The molecule has 1 saturated carbocycles. The summed E-state index contributed by atoms with van der Waals surface area (Å²) < 4.78 is 18.6. The molecule has 0 spiro atoms. The highest BCUT2D eigenvalue weighted by Gasteiger charge is 2.32. The molecule has 1 fully saturated rings. The quantitative estimate of drug-likeness (QED) is 0.339. The first kappa shape index (κ1) is 21.8. The first-order chi connectivity index (χ1) is 13.4. The van der Waals surface area contributed by atoms with Gasteiger partial charge in [-0.05, 0) is 49.5 Å². The molecule has 0 saturated heterocycles. The van der Waals surface area contributed by atoms with Crippen molar-refractivity contribution in [2.45, 2.75) is 51.4 Å². The monoisotopic (exact) mass is 390 g/mol. The van der Waals surface area contributed by atoms with Gasteiger partial charge in [-0.1, -0.05) is 25.3 Å². The Balaban J connectivity index is 1.87. The Kier molecular flexibility index (Phi) is 8.36. The van der Waals surface area contributed by atoms with E-state index in [4.69, 9.17) is 9.84 Å². The lowest BCUT2D eigenvalue weighted by Crippen LogP contribution is -2.13. The van der Waals surface area contributed by atoms with Crippen LogP contribution < -0.4 is 4.74 Å². The van der Waals surface area contributed by atoms with Crippen LogP contribution in [0.1, 0.15) is 61.7 Å². The van der Waals surface area contributed by atoms with Crippen LogP contribution >= 0.6 is 0 Å². The standard InChI is InChI=1S/C22H27FO5/c1-28-21-13-10-16(14-18(21)23)19(24)11-8-15-9-12-20(25)17(15)6-4-2-3-5-7-22(26)27/h8,10-11,13-15,17H,2-7,9,12H2,1H3,(H,26,27)/t15-,17+/m1/s1. The van der Waals surface area contributed by atoms with Crippen molar-refractivity contribution < 1.29 is 28.6 Å². The number of carbonyl (C=O) groups excluding carboxylic acids is 2. The summed E-state index contributed by atoms with van der Waals surface area (Å²) in [6, 6.07) is 4.09. The molecule has 0 aliphatic heterocycles. The van der Waals surface area contributed by atoms with Gasteiger partial charge in [0.1, 0.15) is 5.78 Å². The van der Waals surface area contributed by atoms with Crippen molar-refractivity contribution in [3.63, 3.8) is 0 Å². The highest BCUT2D eigenvalue weighted by molar-refractivity contribution is 6.04. The maximum atomic E-state index is 13.8. The number of carboxylic acid groups (broad SMARTS) is 1. The van der Waals surface area contributed by atoms with Gasteiger partial charge in [0.05, 0.1) is 7.11 Å². The molecule has 0 aromatic heterocycles. The maximum absolute atomic E-state index is 13.8. The van der Waals surface area contributed by atoms with Gasteiger partial charge >= 0.3 is 5.97 Å². The molecule has 152 valence electrons. The van der Waals surface area contributed by atoms with Crippen LogP contribution in [0, 0.1) is 17.7 Å². The smallest absolute Gasteiger partial charge is 0.303 e. The molecule has 0 bridgehead atoms. The molecule has 1 aromatic carbocycles. The highest BCUT2D eigenvalue weighted by atomic mass is 19.1. The van der Waals surface area contributed by atoms with Gasteiger partial charge in [0.15, 0.2) is 17.3 Å². The second-order valence-electron chi connectivity index (χ2n) is 7.19. The summed E-state index contributed by atoms with van der Waals surface area (Å²) in [7, 11) is 1.36. The van der Waals surface area contributed by atoms with Crippen LogP contribution in [-0.4, -0.2) is 29.8 Å². The molecule has 0 unspecified atom stereocenters. The fraction of sp³-hybridized carbons (Fsp3) is 0.500. The lowest BCUT2D eigenvalue weighted by molar-refractivity contribution is -0.137. The molecule has 5 nitrogen and oxygen atoms in total. The van der Waals surface area contributed by atoms with Crippen molar-refractivity contribution in [1.29, 1.82) is 0 Å². The molecule has 0 heterocycles. The van der Waals surface area contributed by atoms with Gasteiger partial charge in [-0.2, -0.15) is 0 Å². The second kappa shape index (κ2) is 10.7. The van der Waals surface area contributed by atoms with E-state index in [1.807, 2.05) is 0 Å². The summed E-state index contributed by atoms with van der Waals surface area (Å²) in [6.45, 7) is 0. The van der Waals surface area contributed by atoms with Crippen LogP contribution in [0.25, 0.3) is 0 Å². The third-order valence-corrected chi connectivity index (χ3v) is 5.24. The second-order valence-corrected chi connectivity index (χ2v) is 7.19. The topological polar surface area (TPSA) is 80.7 Å². The predicted octanol–water partition coefficient (Wildman–Crippen LogP) is 4.59. The highest BCUT2D eigenvalue weighted by Crippen LogP contribution is 2.34. The molecule has 0 radical (unpaired) electrons. The van der Waals surface area contributed by atoms with E-state index in [9.17, 15) is 18.8 Å². The molecule has 1 N–H and O–H groups in total. The largest absolute Gasteiger partial charge is 0.494 e. The molecule has 2 rings (SSSR count). The third kappa shape index (κ3) is 6.29. The average molecular weight is 390 g/mol. The molecule has 0 amide bonds. The minimum absolute atomic E-state index is 0.0264. The van der Waals surface area contributed by atoms with E-state index in [0.717, 1.165) is 38.2 Å². The first-order valence-electron chi connectivity index (χ1n) is 9.73. The number of aliphatic carboxylic acids is 1. The molecule has 28 heavy (non-hydrogen) atoms. The number of hydrogen-bond donors (Lipinski definition) is 1. The van der Waals surface area contributed by atoms with Crippen molar-refractivity contribution in [3.05, 3.63) is 41.7 Å². The Hall–Kier alpha value is -2.50. The molecular formula is C22H27FO5. The number of benzene rings is 1. The number of ketones is 2. The van der Waals surface area contributed by atoms with Crippen molar-refractivity contribution in [2.75, 3.05) is 7.11 Å². The van der Waals surface area contributed by atoms with Gasteiger partial charge in [-0.25, -0.2) is 4.39 Å². The number of halogens is 1. The normalized spacial score (nSPS) is 19.3. The number of allylic oxidation sites excluding steroid dienone is 2. The Labute approximate surface area is 164 Å². The van der Waals surface area contributed by atoms with E-state index in [-0.39, 0.29) is 41.1 Å². The minimum Gasteiger partial charge on any atom is -0.494 e. The molecule has 6 heteroatoms. The first-order valence-corrected chi connectivity index (χ1v) is 9.73. The van der Waals surface area contributed by atoms with E-state index in [0.29, 0.717) is 12.8 Å². The fourth-order valence-electron chi connectivity index (χ4n) is 3.66. The number of hydrogen-bond acceptors (Lipinski definition) is 4. The predicted molar refractivity (Wildman–Crippen MR) is 103 cm³/mol. The molecule has 1 aliphatic rings. The van der Waals surface area contributed by atoms with Crippen LogP contribution in [0.4, 0.5) is 4.39 Å². The van der Waals surface area contributed by atoms with E-state index < -0.39 is 11.8 Å². The number of ether oxygens (including phenoxy) is 1. The number of carboxylic acids is 1.